The molecular weight excluding hydrogens is 254 g/mol. The van der Waals surface area contributed by atoms with Gasteiger partial charge in [0, 0.05) is 19.0 Å². The highest BCUT2D eigenvalue weighted by Crippen LogP contribution is 2.32. The molecule has 1 saturated carbocycles. The Morgan fingerprint density at radius 3 is 2.65 bits per heavy atom. The molecule has 0 amide bonds. The van der Waals surface area contributed by atoms with E-state index in [2.05, 4.69) is 5.32 Å². The second-order valence-corrected chi connectivity index (χ2v) is 5.66. The first-order valence-electron chi connectivity index (χ1n) is 7.64. The molecule has 1 atom stereocenters. The summed E-state index contributed by atoms with van der Waals surface area (Å²) in [5.41, 5.74) is 0.889. The van der Waals surface area contributed by atoms with Gasteiger partial charge in [-0.05, 0) is 30.5 Å². The van der Waals surface area contributed by atoms with Crippen LogP contribution in [0.2, 0.25) is 0 Å². The Balaban J connectivity index is 1.62. The lowest BCUT2D eigenvalue weighted by molar-refractivity contribution is 0.169. The Bertz CT molecular complexity index is 443. The molecule has 2 N–H and O–H groups in total. The third kappa shape index (κ3) is 3.25. The van der Waals surface area contributed by atoms with Crippen LogP contribution in [0.25, 0.3) is 0 Å². The van der Waals surface area contributed by atoms with Crippen LogP contribution < -0.4 is 14.8 Å². The number of aliphatic hydroxyl groups excluding tert-OH is 1. The molecule has 4 nitrogen and oxygen atoms in total. The summed E-state index contributed by atoms with van der Waals surface area (Å²) in [5, 5.41) is 13.7. The van der Waals surface area contributed by atoms with E-state index in [1.165, 1.54) is 25.7 Å². The number of nitrogens with one attached hydrogen (secondary N) is 1. The molecular formula is C16H23NO3. The molecule has 1 heterocycles. The van der Waals surface area contributed by atoms with Crippen LogP contribution in [0.1, 0.15) is 43.8 Å². The molecule has 1 aliphatic carbocycles. The van der Waals surface area contributed by atoms with Gasteiger partial charge >= 0.3 is 0 Å². The fourth-order valence-corrected chi connectivity index (χ4v) is 2.91. The van der Waals surface area contributed by atoms with Crippen molar-refractivity contribution in [2.24, 2.45) is 0 Å². The largest absolute Gasteiger partial charge is 0.490 e. The van der Waals surface area contributed by atoms with E-state index >= 15 is 0 Å². The van der Waals surface area contributed by atoms with Gasteiger partial charge in [0.15, 0.2) is 11.5 Å². The summed E-state index contributed by atoms with van der Waals surface area (Å²) in [6, 6.07) is 6.30. The average molecular weight is 277 g/mol. The highest BCUT2D eigenvalue weighted by Gasteiger charge is 2.18. The Kier molecular flexibility index (Phi) is 4.43. The lowest BCUT2D eigenvalue weighted by Crippen LogP contribution is -2.30. The third-order valence-electron chi connectivity index (χ3n) is 4.11. The van der Waals surface area contributed by atoms with E-state index in [1.54, 1.807) is 0 Å². The van der Waals surface area contributed by atoms with Crippen LogP contribution in [0.4, 0.5) is 0 Å². The van der Waals surface area contributed by atoms with Crippen LogP contribution in [0.5, 0.6) is 11.5 Å². The van der Waals surface area contributed by atoms with Crippen LogP contribution in [-0.4, -0.2) is 30.9 Å². The van der Waals surface area contributed by atoms with Crippen molar-refractivity contribution < 1.29 is 14.6 Å². The Hall–Kier alpha value is -1.26. The molecule has 0 saturated heterocycles. The standard InChI is InChI=1S/C16H23NO3/c18-14(11-17-13-4-1-2-5-13)12-6-7-15-16(10-12)20-9-3-8-19-15/h6-7,10,13-14,17-18H,1-5,8-9,11H2. The van der Waals surface area contributed by atoms with Gasteiger partial charge in [-0.3, -0.25) is 0 Å². The highest BCUT2D eigenvalue weighted by atomic mass is 16.5. The van der Waals surface area contributed by atoms with Crippen molar-refractivity contribution in [2.45, 2.75) is 44.2 Å². The number of aliphatic hydroxyl groups is 1. The van der Waals surface area contributed by atoms with E-state index in [0.717, 1.165) is 23.5 Å². The summed E-state index contributed by atoms with van der Waals surface area (Å²) in [6.45, 7) is 1.97. The zero-order valence-corrected chi connectivity index (χ0v) is 11.8. The van der Waals surface area contributed by atoms with Crippen molar-refractivity contribution in [1.82, 2.24) is 5.32 Å². The summed E-state index contributed by atoms with van der Waals surface area (Å²) in [6.07, 6.45) is 5.47. The van der Waals surface area contributed by atoms with E-state index in [0.29, 0.717) is 25.8 Å². The van der Waals surface area contributed by atoms with Crippen molar-refractivity contribution in [1.29, 1.82) is 0 Å². The van der Waals surface area contributed by atoms with Crippen LogP contribution in [0, 0.1) is 0 Å². The molecule has 0 bridgehead atoms. The fraction of sp³-hybridized carbons (Fsp3) is 0.625. The van der Waals surface area contributed by atoms with Crippen LogP contribution >= 0.6 is 0 Å². The third-order valence-corrected chi connectivity index (χ3v) is 4.11. The van der Waals surface area contributed by atoms with Crippen LogP contribution in [-0.2, 0) is 0 Å². The van der Waals surface area contributed by atoms with Crippen LogP contribution in [0.3, 0.4) is 0 Å². The van der Waals surface area contributed by atoms with E-state index in [1.807, 2.05) is 18.2 Å². The molecule has 4 heteroatoms. The number of rotatable bonds is 4. The molecule has 1 fully saturated rings. The van der Waals surface area contributed by atoms with Gasteiger partial charge in [0.1, 0.15) is 0 Å². The molecule has 20 heavy (non-hydrogen) atoms. The quantitative estimate of drug-likeness (QED) is 0.887. The second-order valence-electron chi connectivity index (χ2n) is 5.66. The molecule has 0 radical (unpaired) electrons. The monoisotopic (exact) mass is 277 g/mol. The summed E-state index contributed by atoms with van der Waals surface area (Å²) < 4.78 is 11.3. The maximum absolute atomic E-state index is 10.3. The molecule has 0 spiro atoms. The maximum atomic E-state index is 10.3. The minimum Gasteiger partial charge on any atom is -0.490 e. The van der Waals surface area contributed by atoms with Gasteiger partial charge in [0.2, 0.25) is 0 Å². The normalized spacial score (nSPS) is 20.6. The van der Waals surface area contributed by atoms with Crippen molar-refractivity contribution >= 4 is 0 Å². The maximum Gasteiger partial charge on any atom is 0.161 e. The number of hydrogen-bond donors (Lipinski definition) is 2. The number of hydrogen-bond acceptors (Lipinski definition) is 4. The Morgan fingerprint density at radius 2 is 1.85 bits per heavy atom. The molecule has 1 aromatic carbocycles. The molecule has 3 rings (SSSR count). The molecule has 1 aliphatic heterocycles. The summed E-state index contributed by atoms with van der Waals surface area (Å²) in [5.74, 6) is 1.53. The van der Waals surface area contributed by atoms with E-state index in [4.69, 9.17) is 9.47 Å². The van der Waals surface area contributed by atoms with Gasteiger partial charge in [0.05, 0.1) is 19.3 Å². The van der Waals surface area contributed by atoms with Crippen molar-refractivity contribution in [3.63, 3.8) is 0 Å². The van der Waals surface area contributed by atoms with Gasteiger partial charge in [-0.2, -0.15) is 0 Å². The average Bonchev–Trinajstić information content (AvgIpc) is 2.88. The molecule has 1 aromatic rings. The van der Waals surface area contributed by atoms with Crippen LogP contribution in [0.15, 0.2) is 18.2 Å². The summed E-state index contributed by atoms with van der Waals surface area (Å²) in [4.78, 5) is 0. The molecule has 110 valence electrons. The van der Waals surface area contributed by atoms with E-state index in [-0.39, 0.29) is 0 Å². The Labute approximate surface area is 120 Å². The predicted molar refractivity (Wildman–Crippen MR) is 77.3 cm³/mol. The van der Waals surface area contributed by atoms with Gasteiger partial charge in [0.25, 0.3) is 0 Å². The lowest BCUT2D eigenvalue weighted by Gasteiger charge is -2.17. The van der Waals surface area contributed by atoms with E-state index < -0.39 is 6.10 Å². The zero-order valence-electron chi connectivity index (χ0n) is 11.8. The number of fused-ring (bicyclic) bond motifs is 1. The molecule has 0 aromatic heterocycles. The topological polar surface area (TPSA) is 50.7 Å². The molecule has 1 unspecified atom stereocenters. The van der Waals surface area contributed by atoms with Gasteiger partial charge in [-0.15, -0.1) is 0 Å². The van der Waals surface area contributed by atoms with Crippen molar-refractivity contribution in [2.75, 3.05) is 19.8 Å². The van der Waals surface area contributed by atoms with E-state index in [9.17, 15) is 5.11 Å². The van der Waals surface area contributed by atoms with Gasteiger partial charge in [-0.25, -0.2) is 0 Å². The first kappa shape index (κ1) is 13.7. The number of benzene rings is 1. The van der Waals surface area contributed by atoms with Gasteiger partial charge < -0.3 is 19.9 Å². The summed E-state index contributed by atoms with van der Waals surface area (Å²) in [7, 11) is 0. The van der Waals surface area contributed by atoms with Crippen molar-refractivity contribution in [3.8, 4) is 11.5 Å². The first-order valence-corrected chi connectivity index (χ1v) is 7.64. The number of ether oxygens (including phenoxy) is 2. The summed E-state index contributed by atoms with van der Waals surface area (Å²) >= 11 is 0. The lowest BCUT2D eigenvalue weighted by atomic mass is 10.1. The molecule has 2 aliphatic rings. The zero-order chi connectivity index (χ0) is 13.8. The minimum absolute atomic E-state index is 0.493. The second kappa shape index (κ2) is 6.46. The highest BCUT2D eigenvalue weighted by molar-refractivity contribution is 5.44. The van der Waals surface area contributed by atoms with Crippen molar-refractivity contribution in [3.05, 3.63) is 23.8 Å². The van der Waals surface area contributed by atoms with Gasteiger partial charge in [-0.1, -0.05) is 18.9 Å². The predicted octanol–water partition coefficient (Wildman–Crippen LogP) is 2.41. The first-order chi connectivity index (χ1) is 9.83. The fourth-order valence-electron chi connectivity index (χ4n) is 2.91. The SMILES string of the molecule is OC(CNC1CCCC1)c1ccc2c(c1)OCCCO2. The Morgan fingerprint density at radius 1 is 1.10 bits per heavy atom. The minimum atomic E-state index is -0.493. The smallest absolute Gasteiger partial charge is 0.161 e.